The Balaban J connectivity index is 1.42. The van der Waals surface area contributed by atoms with Gasteiger partial charge in [-0.25, -0.2) is 0 Å². The highest BCUT2D eigenvalue weighted by molar-refractivity contribution is 6.04. The summed E-state index contributed by atoms with van der Waals surface area (Å²) in [6.07, 6.45) is 1.88. The smallest absolute Gasteiger partial charge is 0.234 e. The summed E-state index contributed by atoms with van der Waals surface area (Å²) in [7, 11) is 1.57. The molecule has 2 heterocycles. The third-order valence-electron chi connectivity index (χ3n) is 6.39. The minimum absolute atomic E-state index is 0.0978. The van der Waals surface area contributed by atoms with Crippen LogP contribution in [0.5, 0.6) is 5.75 Å². The fourth-order valence-electron chi connectivity index (χ4n) is 4.69. The highest BCUT2D eigenvalue weighted by atomic mass is 16.5. The minimum atomic E-state index is -0.454. The zero-order valence-electron chi connectivity index (χ0n) is 19.0. The van der Waals surface area contributed by atoms with Crippen molar-refractivity contribution in [3.63, 3.8) is 0 Å². The molecule has 174 valence electrons. The third-order valence-corrected chi connectivity index (χ3v) is 6.39. The number of nitrogens with two attached hydrogens (primary N) is 1. The number of carbonyl (C=O) groups is 3. The lowest BCUT2D eigenvalue weighted by Gasteiger charge is -2.22. The molecule has 2 aliphatic rings. The minimum Gasteiger partial charge on any atom is -0.495 e. The Morgan fingerprint density at radius 3 is 2.79 bits per heavy atom. The van der Waals surface area contributed by atoms with Crippen LogP contribution in [0.25, 0.3) is 0 Å². The molecule has 2 unspecified atom stereocenters. The lowest BCUT2D eigenvalue weighted by atomic mass is 10.1. The summed E-state index contributed by atoms with van der Waals surface area (Å²) in [6, 6.07) is 13.0. The first kappa shape index (κ1) is 22.8. The number of nitrogens with zero attached hydrogens (tertiary/aromatic N) is 2. The third kappa shape index (κ3) is 5.01. The average Bonchev–Trinajstić information content (AvgIpc) is 3.40. The fourth-order valence-corrected chi connectivity index (χ4v) is 4.69. The largest absolute Gasteiger partial charge is 0.495 e. The molecule has 0 saturated carbocycles. The lowest BCUT2D eigenvalue weighted by Crippen LogP contribution is -2.39. The fraction of sp³-hybridized carbons (Fsp3) is 0.400. The molecule has 0 radical (unpaired) electrons. The standard InChI is InChI=1S/C25H30N4O4/c1-16-8-9-22(33-2)21(11-16)29-15-18(13-23(29)30)25(32)27-19-6-3-5-17(12-19)14-28-10-4-7-20(28)24(26)31/h3,5-6,8-9,11-12,18,20H,4,7,10,13-15H2,1-2H3,(H2,26,31)(H,27,32). The van der Waals surface area contributed by atoms with Crippen LogP contribution < -0.4 is 20.7 Å². The van der Waals surface area contributed by atoms with Gasteiger partial charge in [-0.3, -0.25) is 19.3 Å². The van der Waals surface area contributed by atoms with Crippen molar-refractivity contribution in [1.29, 1.82) is 0 Å². The maximum absolute atomic E-state index is 13.0. The van der Waals surface area contributed by atoms with Crippen molar-refractivity contribution in [3.05, 3.63) is 53.6 Å². The molecule has 2 aromatic rings. The van der Waals surface area contributed by atoms with Gasteiger partial charge in [-0.2, -0.15) is 0 Å². The van der Waals surface area contributed by atoms with Gasteiger partial charge in [0.25, 0.3) is 0 Å². The van der Waals surface area contributed by atoms with Crippen LogP contribution in [0.4, 0.5) is 11.4 Å². The van der Waals surface area contributed by atoms with Crippen LogP contribution in [0.15, 0.2) is 42.5 Å². The van der Waals surface area contributed by atoms with Gasteiger partial charge in [0.05, 0.1) is 24.8 Å². The topological polar surface area (TPSA) is 105 Å². The number of aryl methyl sites for hydroxylation is 1. The first-order valence-corrected chi connectivity index (χ1v) is 11.2. The van der Waals surface area contributed by atoms with Crippen LogP contribution >= 0.6 is 0 Å². The van der Waals surface area contributed by atoms with Gasteiger partial charge < -0.3 is 20.7 Å². The highest BCUT2D eigenvalue weighted by Crippen LogP contribution is 2.34. The molecule has 2 aliphatic heterocycles. The number of methoxy groups -OCH3 is 1. The number of likely N-dealkylation sites (tertiary alicyclic amines) is 1. The van der Waals surface area contributed by atoms with E-state index in [-0.39, 0.29) is 30.2 Å². The second kappa shape index (κ2) is 9.62. The van der Waals surface area contributed by atoms with Crippen LogP contribution in [-0.4, -0.2) is 48.9 Å². The lowest BCUT2D eigenvalue weighted by molar-refractivity contribution is -0.122. The average molecular weight is 451 g/mol. The number of primary amides is 1. The van der Waals surface area contributed by atoms with Gasteiger partial charge in [0.1, 0.15) is 5.75 Å². The van der Waals surface area contributed by atoms with Crippen LogP contribution in [0, 0.1) is 12.8 Å². The van der Waals surface area contributed by atoms with Crippen LogP contribution in [0.1, 0.15) is 30.4 Å². The van der Waals surface area contributed by atoms with Gasteiger partial charge >= 0.3 is 0 Å². The second-order valence-corrected chi connectivity index (χ2v) is 8.80. The monoisotopic (exact) mass is 450 g/mol. The molecule has 0 bridgehead atoms. The molecule has 2 saturated heterocycles. The van der Waals surface area contributed by atoms with Crippen LogP contribution in [0.2, 0.25) is 0 Å². The molecule has 0 aromatic heterocycles. The molecule has 0 spiro atoms. The number of anilines is 2. The van der Waals surface area contributed by atoms with Gasteiger partial charge in [-0.05, 0) is 61.7 Å². The molecular formula is C25H30N4O4. The number of ether oxygens (including phenoxy) is 1. The molecule has 2 fully saturated rings. The van der Waals surface area contributed by atoms with Gasteiger partial charge in [-0.1, -0.05) is 18.2 Å². The molecular weight excluding hydrogens is 420 g/mol. The maximum atomic E-state index is 13.0. The van der Waals surface area contributed by atoms with Crippen molar-refractivity contribution < 1.29 is 19.1 Å². The first-order chi connectivity index (χ1) is 15.9. The number of nitrogens with one attached hydrogen (secondary N) is 1. The summed E-state index contributed by atoms with van der Waals surface area (Å²) in [4.78, 5) is 41.0. The SMILES string of the molecule is COc1ccc(C)cc1N1CC(C(=O)Nc2cccc(CN3CCCC3C(N)=O)c2)CC1=O. The molecule has 8 heteroatoms. The van der Waals surface area contributed by atoms with Crippen molar-refractivity contribution in [1.82, 2.24) is 4.90 Å². The predicted octanol–water partition coefficient (Wildman–Crippen LogP) is 2.44. The number of rotatable bonds is 7. The van der Waals surface area contributed by atoms with Crippen molar-refractivity contribution in [2.75, 3.05) is 30.4 Å². The molecule has 4 rings (SSSR count). The zero-order chi connectivity index (χ0) is 23.5. The number of carbonyl (C=O) groups excluding carboxylic acids is 3. The number of amides is 3. The van der Waals surface area contributed by atoms with Crippen LogP contribution in [-0.2, 0) is 20.9 Å². The zero-order valence-corrected chi connectivity index (χ0v) is 19.0. The molecule has 2 aromatic carbocycles. The van der Waals surface area contributed by atoms with E-state index in [1.807, 2.05) is 49.4 Å². The Bertz CT molecular complexity index is 1070. The molecule has 8 nitrogen and oxygen atoms in total. The van der Waals surface area contributed by atoms with E-state index < -0.39 is 5.92 Å². The highest BCUT2D eigenvalue weighted by Gasteiger charge is 2.36. The summed E-state index contributed by atoms with van der Waals surface area (Å²) in [5.41, 5.74) is 8.89. The Hall–Kier alpha value is -3.39. The van der Waals surface area contributed by atoms with E-state index >= 15 is 0 Å². The number of benzene rings is 2. The second-order valence-electron chi connectivity index (χ2n) is 8.80. The van der Waals surface area contributed by atoms with Crippen molar-refractivity contribution >= 4 is 29.1 Å². The quantitative estimate of drug-likeness (QED) is 0.674. The van der Waals surface area contributed by atoms with Crippen molar-refractivity contribution in [3.8, 4) is 5.75 Å². The van der Waals surface area contributed by atoms with E-state index in [4.69, 9.17) is 10.5 Å². The summed E-state index contributed by atoms with van der Waals surface area (Å²) >= 11 is 0. The molecule has 0 aliphatic carbocycles. The summed E-state index contributed by atoms with van der Waals surface area (Å²) in [5, 5.41) is 2.96. The Kier molecular flexibility index (Phi) is 6.65. The molecule has 33 heavy (non-hydrogen) atoms. The summed E-state index contributed by atoms with van der Waals surface area (Å²) < 4.78 is 5.42. The first-order valence-electron chi connectivity index (χ1n) is 11.2. The van der Waals surface area contributed by atoms with E-state index in [9.17, 15) is 14.4 Å². The summed E-state index contributed by atoms with van der Waals surface area (Å²) in [6.45, 7) is 3.68. The molecule has 2 atom stereocenters. The van der Waals surface area contributed by atoms with Crippen molar-refractivity contribution in [2.45, 2.75) is 38.8 Å². The van der Waals surface area contributed by atoms with Gasteiger partial charge in [0.2, 0.25) is 17.7 Å². The number of hydrogen-bond acceptors (Lipinski definition) is 5. The van der Waals surface area contributed by atoms with E-state index in [1.54, 1.807) is 12.0 Å². The van der Waals surface area contributed by atoms with E-state index in [2.05, 4.69) is 10.2 Å². The van der Waals surface area contributed by atoms with E-state index in [1.165, 1.54) is 0 Å². The summed E-state index contributed by atoms with van der Waals surface area (Å²) in [5.74, 6) is -0.425. The number of hydrogen-bond donors (Lipinski definition) is 2. The normalized spacial score (nSPS) is 20.8. The van der Waals surface area contributed by atoms with Gasteiger partial charge in [-0.15, -0.1) is 0 Å². The van der Waals surface area contributed by atoms with E-state index in [0.717, 1.165) is 30.5 Å². The van der Waals surface area contributed by atoms with E-state index in [0.29, 0.717) is 30.2 Å². The van der Waals surface area contributed by atoms with Gasteiger partial charge in [0, 0.05) is 25.2 Å². The molecule has 3 amide bonds. The molecule has 3 N–H and O–H groups in total. The maximum Gasteiger partial charge on any atom is 0.234 e. The predicted molar refractivity (Wildman–Crippen MR) is 126 cm³/mol. The Morgan fingerprint density at radius 2 is 2.03 bits per heavy atom. The Morgan fingerprint density at radius 1 is 1.21 bits per heavy atom. The van der Waals surface area contributed by atoms with Gasteiger partial charge in [0.15, 0.2) is 0 Å². The Labute approximate surface area is 193 Å². The van der Waals surface area contributed by atoms with Crippen molar-refractivity contribution in [2.24, 2.45) is 11.7 Å². The van der Waals surface area contributed by atoms with Crippen LogP contribution in [0.3, 0.4) is 0 Å².